The lowest BCUT2D eigenvalue weighted by Crippen LogP contribution is -2.36. The first kappa shape index (κ1) is 17.3. The van der Waals surface area contributed by atoms with E-state index in [-0.39, 0.29) is 6.61 Å². The van der Waals surface area contributed by atoms with Crippen LogP contribution >= 0.6 is 0 Å². The summed E-state index contributed by atoms with van der Waals surface area (Å²) in [5.41, 5.74) is 0.515. The second-order valence-electron chi connectivity index (χ2n) is 6.26. The van der Waals surface area contributed by atoms with Gasteiger partial charge in [0.2, 0.25) is 0 Å². The number of hydrogen-bond acceptors (Lipinski definition) is 2. The molecule has 0 spiro atoms. The maximum Gasteiger partial charge on any atom is 0.313 e. The molecule has 1 rings (SSSR count). The van der Waals surface area contributed by atoms with E-state index in [1.54, 1.807) is 6.92 Å². The average Bonchev–Trinajstić information content (AvgIpc) is 2.42. The van der Waals surface area contributed by atoms with Crippen LogP contribution in [0.2, 0.25) is 0 Å². The SMILES string of the molecule is C#CCOC(C)(C)CCC(C)(C(=O)O)c1cccc(C)c1. The second kappa shape index (κ2) is 6.78. The van der Waals surface area contributed by atoms with Gasteiger partial charge in [-0.2, -0.15) is 0 Å². The fourth-order valence-electron chi connectivity index (χ4n) is 2.22. The van der Waals surface area contributed by atoms with Gasteiger partial charge in [0.05, 0.1) is 11.0 Å². The summed E-state index contributed by atoms with van der Waals surface area (Å²) in [6.07, 6.45) is 6.31. The summed E-state index contributed by atoms with van der Waals surface area (Å²) in [6.45, 7) is 7.83. The topological polar surface area (TPSA) is 46.5 Å². The number of carboxylic acids is 1. The lowest BCUT2D eigenvalue weighted by Gasteiger charge is -2.31. The van der Waals surface area contributed by atoms with Crippen molar-refractivity contribution < 1.29 is 14.6 Å². The van der Waals surface area contributed by atoms with Crippen LogP contribution in [-0.4, -0.2) is 23.3 Å². The molecule has 3 nitrogen and oxygen atoms in total. The fraction of sp³-hybridized carbons (Fsp3) is 0.500. The van der Waals surface area contributed by atoms with Gasteiger partial charge in [0.15, 0.2) is 0 Å². The van der Waals surface area contributed by atoms with Crippen molar-refractivity contribution in [1.29, 1.82) is 0 Å². The Labute approximate surface area is 127 Å². The number of rotatable bonds is 7. The van der Waals surface area contributed by atoms with E-state index >= 15 is 0 Å². The van der Waals surface area contributed by atoms with E-state index in [1.165, 1.54) is 0 Å². The minimum Gasteiger partial charge on any atom is -0.481 e. The van der Waals surface area contributed by atoms with Crippen molar-refractivity contribution in [2.24, 2.45) is 0 Å². The highest BCUT2D eigenvalue weighted by Gasteiger charge is 2.37. The van der Waals surface area contributed by atoms with Crippen molar-refractivity contribution >= 4 is 5.97 Å². The quantitative estimate of drug-likeness (QED) is 0.781. The summed E-state index contributed by atoms with van der Waals surface area (Å²) < 4.78 is 5.58. The summed E-state index contributed by atoms with van der Waals surface area (Å²) in [6, 6.07) is 7.66. The van der Waals surface area contributed by atoms with Crippen LogP contribution in [0.4, 0.5) is 0 Å². The Morgan fingerprint density at radius 2 is 2.00 bits per heavy atom. The number of carboxylic acid groups (broad SMARTS) is 1. The molecule has 1 unspecified atom stereocenters. The van der Waals surface area contributed by atoms with Crippen molar-refractivity contribution in [1.82, 2.24) is 0 Å². The Balaban J connectivity index is 2.93. The van der Waals surface area contributed by atoms with E-state index in [2.05, 4.69) is 5.92 Å². The molecule has 0 heterocycles. The zero-order valence-electron chi connectivity index (χ0n) is 13.3. The predicted octanol–water partition coefficient (Wildman–Crippen LogP) is 3.55. The standard InChI is InChI=1S/C18H24O3/c1-6-12-21-17(3,4)10-11-18(5,16(19)20)15-9-7-8-14(2)13-15/h1,7-9,13H,10-12H2,2-5H3,(H,19,20). The third-order valence-electron chi connectivity index (χ3n) is 3.90. The monoisotopic (exact) mass is 288 g/mol. The molecule has 3 heteroatoms. The van der Waals surface area contributed by atoms with Gasteiger partial charge in [-0.1, -0.05) is 35.7 Å². The van der Waals surface area contributed by atoms with E-state index in [9.17, 15) is 9.90 Å². The first-order valence-electron chi connectivity index (χ1n) is 7.09. The number of ether oxygens (including phenoxy) is 1. The number of aryl methyl sites for hydroxylation is 1. The summed E-state index contributed by atoms with van der Waals surface area (Å²) >= 11 is 0. The number of benzene rings is 1. The lowest BCUT2D eigenvalue weighted by atomic mass is 9.76. The van der Waals surface area contributed by atoms with Crippen molar-refractivity contribution in [3.05, 3.63) is 35.4 Å². The molecule has 0 saturated carbocycles. The third-order valence-corrected chi connectivity index (χ3v) is 3.90. The molecule has 1 aromatic carbocycles. The highest BCUT2D eigenvalue weighted by atomic mass is 16.5. The normalized spacial score (nSPS) is 14.2. The Kier molecular flexibility index (Phi) is 5.57. The molecule has 0 fully saturated rings. The van der Waals surface area contributed by atoms with Gasteiger partial charge in [0, 0.05) is 0 Å². The molecule has 0 saturated heterocycles. The molecule has 0 radical (unpaired) electrons. The first-order chi connectivity index (χ1) is 9.71. The summed E-state index contributed by atoms with van der Waals surface area (Å²) in [5.74, 6) is 1.63. The number of carbonyl (C=O) groups is 1. The summed E-state index contributed by atoms with van der Waals surface area (Å²) in [7, 11) is 0. The van der Waals surface area contributed by atoms with Crippen molar-refractivity contribution in [2.75, 3.05) is 6.61 Å². The second-order valence-corrected chi connectivity index (χ2v) is 6.26. The predicted molar refractivity (Wildman–Crippen MR) is 84.3 cm³/mol. The molecular formula is C18H24O3. The summed E-state index contributed by atoms with van der Waals surface area (Å²) in [4.78, 5) is 11.8. The lowest BCUT2D eigenvalue weighted by molar-refractivity contribution is -0.144. The van der Waals surface area contributed by atoms with Crippen LogP contribution in [0.15, 0.2) is 24.3 Å². The van der Waals surface area contributed by atoms with Gasteiger partial charge in [0.1, 0.15) is 6.61 Å². The molecule has 0 aromatic heterocycles. The van der Waals surface area contributed by atoms with E-state index in [0.717, 1.165) is 11.1 Å². The van der Waals surface area contributed by atoms with Crippen molar-refractivity contribution in [3.63, 3.8) is 0 Å². The molecule has 0 aliphatic rings. The van der Waals surface area contributed by atoms with Crippen LogP contribution in [0.3, 0.4) is 0 Å². The molecule has 21 heavy (non-hydrogen) atoms. The van der Waals surface area contributed by atoms with Crippen molar-refractivity contribution in [2.45, 2.75) is 51.6 Å². The Morgan fingerprint density at radius 1 is 1.33 bits per heavy atom. The Morgan fingerprint density at radius 3 is 2.52 bits per heavy atom. The maximum atomic E-state index is 11.8. The largest absolute Gasteiger partial charge is 0.481 e. The number of terminal acetylenes is 1. The smallest absolute Gasteiger partial charge is 0.313 e. The summed E-state index contributed by atoms with van der Waals surface area (Å²) in [5, 5.41) is 9.68. The van der Waals surface area contributed by atoms with Gasteiger partial charge >= 0.3 is 5.97 Å². The average molecular weight is 288 g/mol. The molecule has 0 aliphatic heterocycles. The number of hydrogen-bond donors (Lipinski definition) is 1. The minimum absolute atomic E-state index is 0.237. The molecule has 0 aliphatic carbocycles. The molecule has 1 N–H and O–H groups in total. The minimum atomic E-state index is -0.928. The van der Waals surface area contributed by atoms with Crippen LogP contribution in [0.1, 0.15) is 44.7 Å². The fourth-order valence-corrected chi connectivity index (χ4v) is 2.22. The van der Waals surface area contributed by atoms with Crippen LogP contribution < -0.4 is 0 Å². The van der Waals surface area contributed by atoms with Gasteiger partial charge in [-0.25, -0.2) is 0 Å². The highest BCUT2D eigenvalue weighted by molar-refractivity contribution is 5.80. The number of aliphatic carboxylic acids is 1. The molecular weight excluding hydrogens is 264 g/mol. The van der Waals surface area contributed by atoms with E-state index in [4.69, 9.17) is 11.2 Å². The molecule has 1 aromatic rings. The third kappa shape index (κ3) is 4.61. The zero-order valence-corrected chi connectivity index (χ0v) is 13.3. The highest BCUT2D eigenvalue weighted by Crippen LogP contribution is 2.33. The molecule has 1 atom stereocenters. The van der Waals surface area contributed by atoms with Gasteiger partial charge in [-0.05, 0) is 46.1 Å². The Hall–Kier alpha value is -1.79. The molecule has 0 bridgehead atoms. The maximum absolute atomic E-state index is 11.8. The van der Waals surface area contributed by atoms with E-state index in [1.807, 2.05) is 45.0 Å². The van der Waals surface area contributed by atoms with Crippen LogP contribution in [0, 0.1) is 19.3 Å². The van der Waals surface area contributed by atoms with Crippen LogP contribution in [0.5, 0.6) is 0 Å². The zero-order chi connectivity index (χ0) is 16.1. The van der Waals surface area contributed by atoms with Gasteiger partial charge in [-0.15, -0.1) is 6.42 Å². The van der Waals surface area contributed by atoms with Gasteiger partial charge in [-0.3, -0.25) is 4.79 Å². The van der Waals surface area contributed by atoms with Crippen LogP contribution in [-0.2, 0) is 14.9 Å². The Bertz CT molecular complexity index is 540. The van der Waals surface area contributed by atoms with Gasteiger partial charge < -0.3 is 9.84 Å². The first-order valence-corrected chi connectivity index (χ1v) is 7.09. The van der Waals surface area contributed by atoms with E-state index in [0.29, 0.717) is 12.8 Å². The van der Waals surface area contributed by atoms with Crippen LogP contribution in [0.25, 0.3) is 0 Å². The molecule has 0 amide bonds. The van der Waals surface area contributed by atoms with E-state index < -0.39 is 17.0 Å². The molecule has 114 valence electrons. The van der Waals surface area contributed by atoms with Crippen molar-refractivity contribution in [3.8, 4) is 12.3 Å². The van der Waals surface area contributed by atoms with Gasteiger partial charge in [0.25, 0.3) is 0 Å².